The second kappa shape index (κ2) is 6.23. The van der Waals surface area contributed by atoms with Crippen LogP contribution in [-0.2, 0) is 11.0 Å². The van der Waals surface area contributed by atoms with Gasteiger partial charge in [0.15, 0.2) is 11.6 Å². The normalized spacial score (nSPS) is 11.5. The number of carbonyl (C=O) groups is 1. The summed E-state index contributed by atoms with van der Waals surface area (Å²) in [6, 6.07) is 1.66. The van der Waals surface area contributed by atoms with E-state index in [-0.39, 0.29) is 10.8 Å². The molecule has 0 aliphatic heterocycles. The predicted molar refractivity (Wildman–Crippen MR) is 75.8 cm³/mol. The highest BCUT2D eigenvalue weighted by atomic mass is 35.5. The van der Waals surface area contributed by atoms with Gasteiger partial charge in [-0.05, 0) is 13.0 Å². The van der Waals surface area contributed by atoms with Crippen molar-refractivity contribution in [2.45, 2.75) is 20.0 Å². The van der Waals surface area contributed by atoms with Crippen molar-refractivity contribution in [2.24, 2.45) is 0 Å². The molecule has 0 bridgehead atoms. The van der Waals surface area contributed by atoms with Crippen LogP contribution in [0.15, 0.2) is 23.1 Å². The van der Waals surface area contributed by atoms with Gasteiger partial charge in [0, 0.05) is 18.6 Å². The zero-order valence-corrected chi connectivity index (χ0v) is 13.0. The third kappa shape index (κ3) is 3.40. The predicted octanol–water partition coefficient (Wildman–Crippen LogP) is 3.28. The van der Waals surface area contributed by atoms with Crippen LogP contribution >= 0.6 is 11.6 Å². The van der Waals surface area contributed by atoms with Gasteiger partial charge in [-0.15, -0.1) is 0 Å². The third-order valence-electron chi connectivity index (χ3n) is 3.01. The van der Waals surface area contributed by atoms with Crippen LogP contribution in [0.25, 0.3) is 5.69 Å². The lowest BCUT2D eigenvalue weighted by atomic mass is 10.2. The van der Waals surface area contributed by atoms with Gasteiger partial charge in [0.1, 0.15) is 5.69 Å². The SMILES string of the molecule is CC(=O)Oc1cc(-n2ncc(C(F)(F)F)c(C)c2=O)c(F)cc1Cl. The van der Waals surface area contributed by atoms with E-state index in [1.165, 1.54) is 0 Å². The summed E-state index contributed by atoms with van der Waals surface area (Å²) in [6.45, 7) is 2.02. The molecule has 1 aromatic heterocycles. The lowest BCUT2D eigenvalue weighted by molar-refractivity contribution is -0.138. The second-order valence-corrected chi connectivity index (χ2v) is 5.13. The van der Waals surface area contributed by atoms with Crippen LogP contribution < -0.4 is 10.3 Å². The van der Waals surface area contributed by atoms with Crippen LogP contribution in [0.4, 0.5) is 17.6 Å². The first-order chi connectivity index (χ1) is 11.0. The van der Waals surface area contributed by atoms with Crippen molar-refractivity contribution in [1.82, 2.24) is 9.78 Å². The number of aromatic nitrogens is 2. The zero-order valence-electron chi connectivity index (χ0n) is 12.2. The molecule has 10 heteroatoms. The summed E-state index contributed by atoms with van der Waals surface area (Å²) in [5.74, 6) is -2.03. The Morgan fingerprint density at radius 2 is 1.96 bits per heavy atom. The minimum atomic E-state index is -4.77. The molecule has 2 rings (SSSR count). The van der Waals surface area contributed by atoms with E-state index in [0.29, 0.717) is 10.9 Å². The van der Waals surface area contributed by atoms with Crippen LogP contribution in [-0.4, -0.2) is 15.7 Å². The summed E-state index contributed by atoms with van der Waals surface area (Å²) < 4.78 is 57.5. The lowest BCUT2D eigenvalue weighted by Crippen LogP contribution is -2.28. The van der Waals surface area contributed by atoms with Crippen LogP contribution in [0, 0.1) is 12.7 Å². The topological polar surface area (TPSA) is 61.2 Å². The molecule has 1 heterocycles. The van der Waals surface area contributed by atoms with Gasteiger partial charge in [-0.1, -0.05) is 11.6 Å². The molecule has 0 saturated carbocycles. The zero-order chi connectivity index (χ0) is 18.2. The minimum Gasteiger partial charge on any atom is -0.425 e. The number of benzene rings is 1. The van der Waals surface area contributed by atoms with Gasteiger partial charge >= 0.3 is 12.1 Å². The van der Waals surface area contributed by atoms with Gasteiger partial charge < -0.3 is 4.74 Å². The Hall–Kier alpha value is -2.42. The quantitative estimate of drug-likeness (QED) is 0.466. The van der Waals surface area contributed by atoms with E-state index in [9.17, 15) is 27.2 Å². The molecule has 5 nitrogen and oxygen atoms in total. The third-order valence-corrected chi connectivity index (χ3v) is 3.30. The Labute approximate surface area is 137 Å². The monoisotopic (exact) mass is 364 g/mol. The molecule has 0 radical (unpaired) electrons. The molecule has 0 fully saturated rings. The molecule has 0 spiro atoms. The molecular weight excluding hydrogens is 356 g/mol. The Bertz CT molecular complexity index is 878. The summed E-state index contributed by atoms with van der Waals surface area (Å²) in [7, 11) is 0. The standard InChI is InChI=1S/C14H9ClF4N2O3/c1-6-8(14(17,18)19)5-20-21(13(6)23)11-4-12(24-7(2)22)9(15)3-10(11)16/h3-5H,1-2H3. The van der Waals surface area contributed by atoms with E-state index < -0.39 is 40.3 Å². The fourth-order valence-electron chi connectivity index (χ4n) is 1.91. The molecule has 0 amide bonds. The van der Waals surface area contributed by atoms with Crippen LogP contribution in [0.1, 0.15) is 18.1 Å². The Morgan fingerprint density at radius 3 is 2.50 bits per heavy atom. The molecule has 0 unspecified atom stereocenters. The van der Waals surface area contributed by atoms with E-state index in [2.05, 4.69) is 5.10 Å². The number of alkyl halides is 3. The number of hydrogen-bond acceptors (Lipinski definition) is 4. The lowest BCUT2D eigenvalue weighted by Gasteiger charge is -2.13. The first kappa shape index (κ1) is 17.9. The van der Waals surface area contributed by atoms with Gasteiger partial charge in [-0.25, -0.2) is 4.39 Å². The highest BCUT2D eigenvalue weighted by molar-refractivity contribution is 6.32. The van der Waals surface area contributed by atoms with Crippen molar-refractivity contribution in [1.29, 1.82) is 0 Å². The van der Waals surface area contributed by atoms with Crippen LogP contribution in [0.5, 0.6) is 5.75 Å². The van der Waals surface area contributed by atoms with E-state index in [4.69, 9.17) is 16.3 Å². The molecule has 128 valence electrons. The number of ether oxygens (including phenoxy) is 1. The fourth-order valence-corrected chi connectivity index (χ4v) is 2.10. The van der Waals surface area contributed by atoms with E-state index >= 15 is 0 Å². The molecule has 1 aromatic carbocycles. The molecule has 24 heavy (non-hydrogen) atoms. The number of carbonyl (C=O) groups excluding carboxylic acids is 1. The van der Waals surface area contributed by atoms with Crippen LogP contribution in [0.3, 0.4) is 0 Å². The molecule has 0 aliphatic rings. The number of rotatable bonds is 2. The Kier molecular flexibility index (Phi) is 4.66. The van der Waals surface area contributed by atoms with E-state index in [1.54, 1.807) is 0 Å². The highest BCUT2D eigenvalue weighted by Gasteiger charge is 2.34. The van der Waals surface area contributed by atoms with Gasteiger partial charge in [0.05, 0.1) is 16.8 Å². The van der Waals surface area contributed by atoms with Crippen molar-refractivity contribution >= 4 is 17.6 Å². The number of esters is 1. The van der Waals surface area contributed by atoms with Gasteiger partial charge in [0.2, 0.25) is 0 Å². The first-order valence-corrected chi connectivity index (χ1v) is 6.74. The summed E-state index contributed by atoms with van der Waals surface area (Å²) >= 11 is 5.72. The van der Waals surface area contributed by atoms with Crippen molar-refractivity contribution in [3.8, 4) is 11.4 Å². The number of hydrogen-bond donors (Lipinski definition) is 0. The van der Waals surface area contributed by atoms with Crippen molar-refractivity contribution in [3.63, 3.8) is 0 Å². The summed E-state index contributed by atoms with van der Waals surface area (Å²) in [6.07, 6.45) is -4.35. The van der Waals surface area contributed by atoms with Crippen LogP contribution in [0.2, 0.25) is 5.02 Å². The van der Waals surface area contributed by atoms with E-state index in [0.717, 1.165) is 26.0 Å². The maximum Gasteiger partial charge on any atom is 0.418 e. The average molecular weight is 365 g/mol. The smallest absolute Gasteiger partial charge is 0.418 e. The maximum absolute atomic E-state index is 14.1. The summed E-state index contributed by atoms with van der Waals surface area (Å²) in [5.41, 5.74) is -3.54. The van der Waals surface area contributed by atoms with Gasteiger partial charge in [-0.2, -0.15) is 23.0 Å². The molecule has 0 N–H and O–H groups in total. The minimum absolute atomic E-state index is 0.247. The molecule has 0 aliphatic carbocycles. The van der Waals surface area contributed by atoms with Gasteiger partial charge in [0.25, 0.3) is 5.56 Å². The van der Waals surface area contributed by atoms with Crippen molar-refractivity contribution in [2.75, 3.05) is 0 Å². The van der Waals surface area contributed by atoms with Gasteiger partial charge in [-0.3, -0.25) is 9.59 Å². The average Bonchev–Trinajstić information content (AvgIpc) is 2.43. The summed E-state index contributed by atoms with van der Waals surface area (Å²) in [5, 5.41) is 3.10. The van der Waals surface area contributed by atoms with Crippen molar-refractivity contribution < 1.29 is 27.1 Å². The highest BCUT2D eigenvalue weighted by Crippen LogP contribution is 2.31. The fraction of sp³-hybridized carbons (Fsp3) is 0.214. The van der Waals surface area contributed by atoms with Crippen molar-refractivity contribution in [3.05, 3.63) is 50.7 Å². The Balaban J connectivity index is 2.67. The number of nitrogens with zero attached hydrogens (tertiary/aromatic N) is 2. The molecule has 2 aromatic rings. The maximum atomic E-state index is 14.1. The summed E-state index contributed by atoms with van der Waals surface area (Å²) in [4.78, 5) is 23.1. The largest absolute Gasteiger partial charge is 0.425 e. The first-order valence-electron chi connectivity index (χ1n) is 6.36. The number of halogens is 5. The second-order valence-electron chi connectivity index (χ2n) is 4.73. The molecular formula is C14H9ClF4N2O3. The van der Waals surface area contributed by atoms with E-state index in [1.807, 2.05) is 0 Å². The molecule has 0 saturated heterocycles. The molecule has 0 atom stereocenters. The Morgan fingerprint density at radius 1 is 1.33 bits per heavy atom.